The lowest BCUT2D eigenvalue weighted by Gasteiger charge is -2.30. The zero-order chi connectivity index (χ0) is 39.9. The average Bonchev–Trinajstić information content (AvgIpc) is 3.60. The van der Waals surface area contributed by atoms with Gasteiger partial charge in [0.2, 0.25) is 11.8 Å². The normalized spacial score (nSPS) is 22.8. The van der Waals surface area contributed by atoms with Gasteiger partial charge < -0.3 is 56.0 Å². The summed E-state index contributed by atoms with van der Waals surface area (Å²) in [5.41, 5.74) is 4.23. The molecule has 2 aromatic heterocycles. The number of ether oxygens (including phenoxy) is 1. The van der Waals surface area contributed by atoms with E-state index in [1.165, 1.54) is 20.8 Å². The number of nitrogens with two attached hydrogens (primary N) is 1. The quantitative estimate of drug-likeness (QED) is 0.0511. The lowest BCUT2D eigenvalue weighted by molar-refractivity contribution is -0.137. The Hall–Kier alpha value is -2.64. The van der Waals surface area contributed by atoms with Crippen LogP contribution in [0.5, 0.6) is 0 Å². The molecule has 1 aliphatic rings. The van der Waals surface area contributed by atoms with Crippen molar-refractivity contribution in [2.75, 3.05) is 37.8 Å². The highest BCUT2D eigenvalue weighted by molar-refractivity contribution is 8.00. The molecule has 0 spiro atoms. The lowest BCUT2D eigenvalue weighted by Crippen LogP contribution is -2.46. The molecule has 2 unspecified atom stereocenters. The molecule has 0 aliphatic carbocycles. The summed E-state index contributed by atoms with van der Waals surface area (Å²) < 4.78 is 61.9. The molecule has 3 heterocycles. The van der Waals surface area contributed by atoms with Gasteiger partial charge in [-0.05, 0) is 6.92 Å². The summed E-state index contributed by atoms with van der Waals surface area (Å²) in [5.74, 6) is -2.16. The maximum Gasteiger partial charge on any atom is 0.481 e. The Balaban J connectivity index is 1.52. The molecule has 3 rings (SSSR count). The average molecular weight is 840 g/mol. The zero-order valence-electron chi connectivity index (χ0n) is 28.1. The van der Waals surface area contributed by atoms with Crippen LogP contribution < -0.4 is 16.4 Å². The Morgan fingerprint density at radius 1 is 1.08 bits per heavy atom. The van der Waals surface area contributed by atoms with E-state index in [1.54, 1.807) is 0 Å². The number of anilines is 1. The maximum atomic E-state index is 12.6. The number of aromatic nitrogens is 4. The standard InChI is InChI=1S/C24H40N7O18P3S/c1-12(23(36)37)53-7-6-26-14(32)4-5-27-21(35)18(34)24(2,3)9-46-52(43,44)49-51(41,42)45-8-13-17(48-50(38,39)40)16(33)22(47-13)31-11-30-15-19(25)28-10-29-20(15)31/h10-13,16-18,22,33-34H,4-9H2,1-3H3,(H,26,32)(H,27,35)(H,36,37)(H,41,42)(H,43,44)(H2,25,28,29)(H2,38,39,40)/t12-,13+,16+,17+,18-,22+/m0/s1. The van der Waals surface area contributed by atoms with Gasteiger partial charge in [0.1, 0.15) is 36.3 Å². The monoisotopic (exact) mass is 839 g/mol. The molecule has 53 heavy (non-hydrogen) atoms. The summed E-state index contributed by atoms with van der Waals surface area (Å²) in [4.78, 5) is 86.0. The van der Waals surface area contributed by atoms with Crippen LogP contribution in [0.25, 0.3) is 11.2 Å². The Kier molecular flexibility index (Phi) is 15.5. The van der Waals surface area contributed by atoms with E-state index in [2.05, 4.69) is 34.4 Å². The van der Waals surface area contributed by atoms with Gasteiger partial charge in [-0.2, -0.15) is 4.31 Å². The highest BCUT2D eigenvalue weighted by Crippen LogP contribution is 2.61. The van der Waals surface area contributed by atoms with Crippen LogP contribution in [0.4, 0.5) is 5.82 Å². The number of nitrogens with zero attached hydrogens (tertiary/aromatic N) is 4. The number of imidazole rings is 1. The van der Waals surface area contributed by atoms with Crippen molar-refractivity contribution in [3.05, 3.63) is 12.7 Å². The molecule has 0 radical (unpaired) electrons. The van der Waals surface area contributed by atoms with Gasteiger partial charge >= 0.3 is 29.4 Å². The summed E-state index contributed by atoms with van der Waals surface area (Å²) in [6, 6.07) is 0. The Morgan fingerprint density at radius 2 is 1.74 bits per heavy atom. The molecule has 2 amide bonds. The fourth-order valence-corrected chi connectivity index (χ4v) is 7.98. The van der Waals surface area contributed by atoms with Gasteiger partial charge in [0.15, 0.2) is 17.7 Å². The van der Waals surface area contributed by atoms with Crippen molar-refractivity contribution in [1.29, 1.82) is 0 Å². The molecule has 1 aliphatic heterocycles. The number of aliphatic hydroxyl groups is 2. The highest BCUT2D eigenvalue weighted by atomic mass is 32.2. The molecule has 0 aromatic carbocycles. The number of rotatable bonds is 21. The van der Waals surface area contributed by atoms with Crippen LogP contribution >= 0.6 is 35.2 Å². The number of nitrogen functional groups attached to an aromatic ring is 1. The first-order valence-corrected chi connectivity index (χ1v) is 20.7. The van der Waals surface area contributed by atoms with E-state index in [1.807, 2.05) is 0 Å². The second-order valence-electron chi connectivity index (χ2n) is 11.9. The first-order chi connectivity index (χ1) is 24.4. The molecule has 11 N–H and O–H groups in total. The van der Waals surface area contributed by atoms with E-state index in [-0.39, 0.29) is 36.5 Å². The molecule has 300 valence electrons. The summed E-state index contributed by atoms with van der Waals surface area (Å²) >= 11 is 1.12. The van der Waals surface area contributed by atoms with Gasteiger partial charge in [0.25, 0.3) is 0 Å². The van der Waals surface area contributed by atoms with Crippen LogP contribution in [0.2, 0.25) is 0 Å². The molecule has 29 heteroatoms. The van der Waals surface area contributed by atoms with E-state index < -0.39 is 95.8 Å². The number of hydrogen-bond acceptors (Lipinski definition) is 18. The van der Waals surface area contributed by atoms with Crippen LogP contribution in [0, 0.1) is 5.41 Å². The molecule has 1 fully saturated rings. The summed E-state index contributed by atoms with van der Waals surface area (Å²) in [6.45, 7) is 1.90. The van der Waals surface area contributed by atoms with Crippen LogP contribution in [-0.2, 0) is 50.7 Å². The number of hydrogen-bond donors (Lipinski definition) is 10. The SMILES string of the molecule is C[C@H](SCCNC(=O)CCNC(=O)[C@H](O)C(C)(C)COP(=O)(O)OP(=O)(O)OC[C@H]1O[C@@H](n2cnc3c(N)ncnc32)[C@H](O)[C@@H]1OP(=O)(O)O)C(=O)O. The fraction of sp³-hybridized carbons (Fsp3) is 0.667. The van der Waals surface area contributed by atoms with E-state index >= 15 is 0 Å². The third-order valence-corrected chi connectivity index (χ3v) is 11.5. The lowest BCUT2D eigenvalue weighted by atomic mass is 9.87. The molecule has 0 saturated carbocycles. The number of phosphoric acid groups is 3. The predicted molar refractivity (Wildman–Crippen MR) is 179 cm³/mol. The van der Waals surface area contributed by atoms with Gasteiger partial charge in [-0.25, -0.2) is 28.6 Å². The summed E-state index contributed by atoms with van der Waals surface area (Å²) in [7, 11) is -16.4. The third-order valence-electron chi connectivity index (χ3n) is 7.22. The van der Waals surface area contributed by atoms with Crippen LogP contribution in [0.15, 0.2) is 12.7 Å². The Morgan fingerprint density at radius 3 is 2.38 bits per heavy atom. The molecule has 2 aromatic rings. The van der Waals surface area contributed by atoms with Crippen LogP contribution in [0.1, 0.15) is 33.4 Å². The molecule has 25 nitrogen and oxygen atoms in total. The number of thioether (sulfide) groups is 1. The smallest absolute Gasteiger partial charge is 0.480 e. The first kappa shape index (κ1) is 44.8. The van der Waals surface area contributed by atoms with Gasteiger partial charge in [-0.3, -0.25) is 32.5 Å². The number of amides is 2. The molecule has 0 bridgehead atoms. The maximum absolute atomic E-state index is 12.6. The van der Waals surface area contributed by atoms with Gasteiger partial charge in [-0.1, -0.05) is 13.8 Å². The minimum Gasteiger partial charge on any atom is -0.480 e. The Labute approximate surface area is 304 Å². The zero-order valence-corrected chi connectivity index (χ0v) is 31.6. The van der Waals surface area contributed by atoms with Crippen molar-refractivity contribution in [2.45, 2.75) is 63.1 Å². The van der Waals surface area contributed by atoms with Gasteiger partial charge in [-0.15, -0.1) is 11.8 Å². The molecule has 8 atom stereocenters. The number of carboxylic acids is 1. The minimum absolute atomic E-state index is 0.0258. The summed E-state index contributed by atoms with van der Waals surface area (Å²) in [6.07, 6.45) is -6.97. The number of aliphatic hydroxyl groups excluding tert-OH is 2. The van der Waals surface area contributed by atoms with E-state index in [4.69, 9.17) is 24.6 Å². The topological polar surface area (TPSA) is 384 Å². The largest absolute Gasteiger partial charge is 0.481 e. The summed E-state index contributed by atoms with van der Waals surface area (Å²) in [5, 5.41) is 34.4. The third kappa shape index (κ3) is 13.3. The van der Waals surface area contributed by atoms with Crippen molar-refractivity contribution in [1.82, 2.24) is 30.2 Å². The number of nitrogens with one attached hydrogen (secondary N) is 2. The van der Waals surface area contributed by atoms with Crippen molar-refractivity contribution in [2.24, 2.45) is 5.41 Å². The number of phosphoric ester groups is 3. The number of carboxylic acid groups (broad SMARTS) is 1. The molecular formula is C24H40N7O18P3S. The van der Waals surface area contributed by atoms with Crippen LogP contribution in [0.3, 0.4) is 0 Å². The number of carbonyl (C=O) groups is 3. The van der Waals surface area contributed by atoms with E-state index in [9.17, 15) is 57.9 Å². The number of fused-ring (bicyclic) bond motifs is 1. The van der Waals surface area contributed by atoms with E-state index in [0.29, 0.717) is 5.75 Å². The molecule has 1 saturated heterocycles. The number of aliphatic carboxylic acids is 1. The Bertz CT molecular complexity index is 1760. The van der Waals surface area contributed by atoms with Crippen molar-refractivity contribution >= 4 is 70.0 Å². The van der Waals surface area contributed by atoms with Crippen molar-refractivity contribution in [3.63, 3.8) is 0 Å². The van der Waals surface area contributed by atoms with Crippen molar-refractivity contribution < 1.29 is 85.6 Å². The predicted octanol–water partition coefficient (Wildman–Crippen LogP) is -1.39. The fourth-order valence-electron chi connectivity index (χ4n) is 4.44. The molecular weight excluding hydrogens is 799 g/mol. The van der Waals surface area contributed by atoms with E-state index in [0.717, 1.165) is 29.0 Å². The van der Waals surface area contributed by atoms with Gasteiger partial charge in [0, 0.05) is 30.7 Å². The first-order valence-electron chi connectivity index (χ1n) is 15.2. The van der Waals surface area contributed by atoms with Crippen molar-refractivity contribution in [3.8, 4) is 0 Å². The van der Waals surface area contributed by atoms with Gasteiger partial charge in [0.05, 0.1) is 24.8 Å². The second kappa shape index (κ2) is 18.3. The minimum atomic E-state index is -5.57. The number of carbonyl (C=O) groups excluding carboxylic acids is 2. The highest BCUT2D eigenvalue weighted by Gasteiger charge is 2.50. The van der Waals surface area contributed by atoms with Crippen LogP contribution in [-0.4, -0.2) is 134 Å². The second-order valence-corrected chi connectivity index (χ2v) is 17.6.